The van der Waals surface area contributed by atoms with Crippen LogP contribution in [-0.4, -0.2) is 88.3 Å². The number of thiazole rings is 1. The molecule has 1 aliphatic heterocycles. The topological polar surface area (TPSA) is 132 Å². The summed E-state index contributed by atoms with van der Waals surface area (Å²) in [6, 6.07) is 12.6. The zero-order chi connectivity index (χ0) is 45.4. The molecule has 0 saturated carbocycles. The number of nitrogens with zero attached hydrogens (tertiary/aromatic N) is 3. The van der Waals surface area contributed by atoms with Crippen LogP contribution >= 0.6 is 22.7 Å². The summed E-state index contributed by atoms with van der Waals surface area (Å²) in [6.45, 7) is 20.3. The van der Waals surface area contributed by atoms with E-state index in [1.165, 1.54) is 26.1 Å². The normalized spacial score (nSPS) is 19.3. The molecule has 11 nitrogen and oxygen atoms in total. The van der Waals surface area contributed by atoms with Crippen molar-refractivity contribution in [3.8, 4) is 0 Å². The van der Waals surface area contributed by atoms with Gasteiger partial charge in [0, 0.05) is 29.1 Å². The Morgan fingerprint density at radius 2 is 1.74 bits per heavy atom. The van der Waals surface area contributed by atoms with Gasteiger partial charge in [-0.15, -0.1) is 22.7 Å². The first kappa shape index (κ1) is 48.3. The third-order valence-electron chi connectivity index (χ3n) is 11.4. The number of aryl methyl sites for hydroxylation is 3. The number of aromatic nitrogens is 1. The van der Waals surface area contributed by atoms with Crippen LogP contribution in [0.2, 0.25) is 0 Å². The minimum Gasteiger partial charge on any atom is -0.462 e. The van der Waals surface area contributed by atoms with Crippen molar-refractivity contribution in [3.63, 3.8) is 0 Å². The summed E-state index contributed by atoms with van der Waals surface area (Å²) in [5, 5.41) is 0. The van der Waals surface area contributed by atoms with Gasteiger partial charge in [-0.3, -0.25) is 9.11 Å². The molecule has 4 aromatic rings. The van der Waals surface area contributed by atoms with E-state index in [0.717, 1.165) is 66.5 Å². The molecule has 2 aromatic heterocycles. The molecule has 6 rings (SSSR count). The van der Waals surface area contributed by atoms with Gasteiger partial charge >= 0.3 is 12.1 Å². The Morgan fingerprint density at radius 3 is 2.39 bits per heavy atom. The van der Waals surface area contributed by atoms with Gasteiger partial charge in [-0.1, -0.05) is 65.3 Å². The second-order valence-electron chi connectivity index (χ2n) is 19.5. The van der Waals surface area contributed by atoms with E-state index in [1.807, 2.05) is 48.5 Å². The maximum absolute atomic E-state index is 14.5. The summed E-state index contributed by atoms with van der Waals surface area (Å²) in [4.78, 5) is 36.1. The Morgan fingerprint density at radius 1 is 1.05 bits per heavy atom. The lowest BCUT2D eigenvalue weighted by Gasteiger charge is -2.35. The van der Waals surface area contributed by atoms with E-state index in [9.17, 15) is 22.2 Å². The van der Waals surface area contributed by atoms with Gasteiger partial charge in [-0.25, -0.2) is 23.0 Å². The van der Waals surface area contributed by atoms with Crippen LogP contribution in [0.5, 0.6) is 0 Å². The number of thiophene rings is 1. The third kappa shape index (κ3) is 11.4. The standard InChI is InChI=1S/C47H65N3O8S4/c1-12-13-24-56-42(51)41-34-27-46(7,8)23-22-38(34)59-39(41)21-18-31-14-16-32(17-15-31)25-36-37(57-47(9,10)50(36)44(52)58-45(4,5)6)29-49(28-30(2)3)62(54,55)33-19-20-35-40(26-33)60-43(48-35)61(11)53/h14-17,19-20,26,30,36-37H,12-13,18,21-25,27-29H2,1-11H3/t36-,37+,61?/m0/s1. The minimum absolute atomic E-state index is 0.00211. The Bertz CT molecular complexity index is 2380. The molecule has 3 atom stereocenters. The number of unbranched alkanes of at least 4 members (excludes halogenated alkanes) is 1. The van der Waals surface area contributed by atoms with Crippen molar-refractivity contribution < 1.29 is 36.4 Å². The van der Waals surface area contributed by atoms with E-state index in [4.69, 9.17) is 14.2 Å². The molecule has 3 heterocycles. The van der Waals surface area contributed by atoms with Gasteiger partial charge in [-0.05, 0) is 126 Å². The first-order chi connectivity index (χ1) is 29.0. The lowest BCUT2D eigenvalue weighted by Crippen LogP contribution is -2.52. The summed E-state index contributed by atoms with van der Waals surface area (Å²) >= 11 is 2.99. The molecule has 1 fully saturated rings. The predicted molar refractivity (Wildman–Crippen MR) is 249 cm³/mol. The average molecular weight is 928 g/mol. The lowest BCUT2D eigenvalue weighted by molar-refractivity contribution is -0.0807. The van der Waals surface area contributed by atoms with Crippen LogP contribution in [0.25, 0.3) is 10.2 Å². The van der Waals surface area contributed by atoms with E-state index in [0.29, 0.717) is 27.6 Å². The summed E-state index contributed by atoms with van der Waals surface area (Å²) < 4.78 is 62.2. The summed E-state index contributed by atoms with van der Waals surface area (Å²) in [6.07, 6.45) is 6.96. The second-order valence-corrected chi connectivity index (χ2v) is 25.2. The molecular formula is C47H65N3O8S4. The van der Waals surface area contributed by atoms with Crippen molar-refractivity contribution in [1.82, 2.24) is 14.2 Å². The molecule has 0 spiro atoms. The zero-order valence-electron chi connectivity index (χ0n) is 38.3. The first-order valence-corrected chi connectivity index (χ1v) is 26.4. The molecule has 0 N–H and O–H groups in total. The number of carbonyl (C=O) groups is 2. The molecule has 340 valence electrons. The van der Waals surface area contributed by atoms with Crippen LogP contribution in [-0.2, 0) is 67.1 Å². The quantitative estimate of drug-likeness (QED) is 0.0796. The van der Waals surface area contributed by atoms with Gasteiger partial charge in [0.25, 0.3) is 0 Å². The van der Waals surface area contributed by atoms with Gasteiger partial charge < -0.3 is 14.2 Å². The molecule has 15 heteroatoms. The van der Waals surface area contributed by atoms with E-state index in [-0.39, 0.29) is 35.3 Å². The van der Waals surface area contributed by atoms with Gasteiger partial charge in [-0.2, -0.15) is 4.31 Å². The number of esters is 1. The molecule has 1 aliphatic carbocycles. The Hall–Kier alpha value is -3.21. The molecule has 62 heavy (non-hydrogen) atoms. The van der Waals surface area contributed by atoms with Crippen molar-refractivity contribution in [2.45, 2.75) is 153 Å². The smallest absolute Gasteiger partial charge is 0.412 e. The fourth-order valence-electron chi connectivity index (χ4n) is 8.43. The highest BCUT2D eigenvalue weighted by Gasteiger charge is 2.52. The summed E-state index contributed by atoms with van der Waals surface area (Å²) in [5.74, 6) is -0.211. The number of hydrogen-bond donors (Lipinski definition) is 0. The summed E-state index contributed by atoms with van der Waals surface area (Å²) in [5.41, 5.74) is 2.90. The fraction of sp³-hybridized carbons (Fsp3) is 0.596. The van der Waals surface area contributed by atoms with Gasteiger partial charge in [0.2, 0.25) is 10.0 Å². The summed E-state index contributed by atoms with van der Waals surface area (Å²) in [7, 11) is -5.34. The number of rotatable bonds is 16. The van der Waals surface area contributed by atoms with Crippen LogP contribution in [0.15, 0.2) is 51.7 Å². The highest BCUT2D eigenvalue weighted by atomic mass is 32.2. The maximum Gasteiger partial charge on any atom is 0.412 e. The Kier molecular flexibility index (Phi) is 14.9. The van der Waals surface area contributed by atoms with Gasteiger partial charge in [0.15, 0.2) is 4.34 Å². The van der Waals surface area contributed by atoms with E-state index >= 15 is 0 Å². The van der Waals surface area contributed by atoms with Gasteiger partial charge in [0.05, 0.1) is 50.2 Å². The monoisotopic (exact) mass is 927 g/mol. The van der Waals surface area contributed by atoms with Crippen molar-refractivity contribution >= 4 is 65.8 Å². The highest BCUT2D eigenvalue weighted by Crippen LogP contribution is 2.43. The largest absolute Gasteiger partial charge is 0.462 e. The number of carbonyl (C=O) groups excluding carboxylic acids is 2. The van der Waals surface area contributed by atoms with Crippen LogP contribution in [0.1, 0.15) is 125 Å². The molecule has 2 aromatic carbocycles. The SMILES string of the molecule is CCCCOC(=O)c1c(CCc2ccc(C[C@H]3[C@@H](CN(CC(C)C)S(=O)(=O)c4ccc5nc(S(C)=O)sc5c4)OC(C)(C)N3C(=O)OC(C)(C)C)cc2)sc2c1CC(C)(C)CC2. The molecule has 1 unspecified atom stereocenters. The van der Waals surface area contributed by atoms with E-state index < -0.39 is 50.4 Å². The van der Waals surface area contributed by atoms with Crippen molar-refractivity contribution in [2.75, 3.05) is 26.0 Å². The van der Waals surface area contributed by atoms with Crippen LogP contribution < -0.4 is 0 Å². The average Bonchev–Trinajstić information content (AvgIpc) is 3.83. The molecule has 2 aliphatic rings. The molecule has 1 amide bonds. The van der Waals surface area contributed by atoms with E-state index in [1.54, 1.807) is 40.7 Å². The van der Waals surface area contributed by atoms with Crippen molar-refractivity contribution in [1.29, 1.82) is 0 Å². The molecule has 1 saturated heterocycles. The Balaban J connectivity index is 1.26. The molecular weight excluding hydrogens is 863 g/mol. The number of sulfonamides is 1. The van der Waals surface area contributed by atoms with Crippen LogP contribution in [0, 0.1) is 11.3 Å². The minimum atomic E-state index is -4.05. The van der Waals surface area contributed by atoms with Crippen LogP contribution in [0.4, 0.5) is 4.79 Å². The lowest BCUT2D eigenvalue weighted by atomic mass is 9.76. The van der Waals surface area contributed by atoms with Gasteiger partial charge in [0.1, 0.15) is 11.3 Å². The Labute approximate surface area is 379 Å². The predicted octanol–water partition coefficient (Wildman–Crippen LogP) is 9.98. The highest BCUT2D eigenvalue weighted by molar-refractivity contribution is 7.89. The van der Waals surface area contributed by atoms with Crippen molar-refractivity contribution in [3.05, 3.63) is 74.5 Å². The molecule has 0 bridgehead atoms. The second kappa shape index (κ2) is 19.1. The first-order valence-electron chi connectivity index (χ1n) is 21.8. The van der Waals surface area contributed by atoms with Crippen molar-refractivity contribution in [2.24, 2.45) is 11.3 Å². The zero-order valence-corrected chi connectivity index (χ0v) is 41.6. The number of hydrogen-bond acceptors (Lipinski definition) is 11. The number of benzene rings is 2. The third-order valence-corrected chi connectivity index (χ3v) is 17.0. The van der Waals surface area contributed by atoms with E-state index in [2.05, 4.69) is 50.0 Å². The fourth-order valence-corrected chi connectivity index (χ4v) is 13.2. The maximum atomic E-state index is 14.5. The number of ether oxygens (including phenoxy) is 3. The number of fused-ring (bicyclic) bond motifs is 2. The number of amides is 1. The molecule has 0 radical (unpaired) electrons. The van der Waals surface area contributed by atoms with Crippen LogP contribution in [0.3, 0.4) is 0 Å².